The molecule has 1 aliphatic heterocycles. The van der Waals surface area contributed by atoms with Gasteiger partial charge < -0.3 is 19.4 Å². The van der Waals surface area contributed by atoms with E-state index in [-0.39, 0.29) is 11.3 Å². The molecule has 0 bridgehead atoms. The van der Waals surface area contributed by atoms with Crippen LogP contribution in [0.3, 0.4) is 0 Å². The van der Waals surface area contributed by atoms with Crippen molar-refractivity contribution >= 4 is 17.2 Å². The number of aryl methyl sites for hydroxylation is 1. The van der Waals surface area contributed by atoms with Gasteiger partial charge in [0.1, 0.15) is 13.2 Å². The van der Waals surface area contributed by atoms with Crippen LogP contribution >= 0.6 is 0 Å². The summed E-state index contributed by atoms with van der Waals surface area (Å²) >= 11 is 0. The first-order valence-electron chi connectivity index (χ1n) is 11.4. The van der Waals surface area contributed by atoms with Gasteiger partial charge in [0.15, 0.2) is 11.5 Å². The third kappa shape index (κ3) is 6.04. The van der Waals surface area contributed by atoms with E-state index in [4.69, 9.17) is 9.47 Å². The van der Waals surface area contributed by atoms with Crippen LogP contribution in [0.5, 0.6) is 11.5 Å². The number of carbonyl (C=O) groups excluding carboxylic acids is 1. The van der Waals surface area contributed by atoms with Gasteiger partial charge in [-0.05, 0) is 47.1 Å². The molecule has 0 radical (unpaired) electrons. The van der Waals surface area contributed by atoms with Crippen LogP contribution < -0.4 is 14.8 Å². The molecule has 1 aliphatic rings. The lowest BCUT2D eigenvalue weighted by Gasteiger charge is -2.20. The average Bonchev–Trinajstić information content (AvgIpc) is 3.31. The zero-order valence-corrected chi connectivity index (χ0v) is 19.5. The SMILES string of the molecule is CC(C)(C)c1ccc(C(=CC(=O)Nc2ccc3c(c2)OCCO3)CCCn2ccnc2)cc1. The Hall–Kier alpha value is -3.54. The quantitative estimate of drug-likeness (QED) is 0.491. The standard InChI is InChI=1S/C27H31N3O3/c1-27(2,3)22-8-6-20(7-9-22)21(5-4-13-30-14-12-28-19-30)17-26(31)29-23-10-11-24-25(18-23)33-16-15-32-24/h6-12,14,17-19H,4-5,13,15-16H2,1-3H3,(H,29,31). The molecule has 2 aromatic carbocycles. The summed E-state index contributed by atoms with van der Waals surface area (Å²) in [5, 5.41) is 2.97. The molecule has 33 heavy (non-hydrogen) atoms. The van der Waals surface area contributed by atoms with Crippen LogP contribution in [-0.4, -0.2) is 28.7 Å². The van der Waals surface area contributed by atoms with Crippen LogP contribution in [0.4, 0.5) is 5.69 Å². The summed E-state index contributed by atoms with van der Waals surface area (Å²) in [6.45, 7) is 8.50. The van der Waals surface area contributed by atoms with E-state index in [2.05, 4.69) is 59.9 Å². The zero-order chi connectivity index (χ0) is 23.3. The zero-order valence-electron chi connectivity index (χ0n) is 19.5. The van der Waals surface area contributed by atoms with Crippen LogP contribution in [0.25, 0.3) is 5.57 Å². The molecule has 2 heterocycles. The summed E-state index contributed by atoms with van der Waals surface area (Å²) < 4.78 is 13.2. The minimum absolute atomic E-state index is 0.0828. The Morgan fingerprint density at radius 3 is 2.55 bits per heavy atom. The molecule has 6 heteroatoms. The van der Waals surface area contributed by atoms with Gasteiger partial charge in [-0.15, -0.1) is 0 Å². The molecule has 1 aromatic heterocycles. The molecule has 6 nitrogen and oxygen atoms in total. The van der Waals surface area contributed by atoms with E-state index in [1.54, 1.807) is 18.3 Å². The van der Waals surface area contributed by atoms with Crippen molar-refractivity contribution in [3.8, 4) is 11.5 Å². The van der Waals surface area contributed by atoms with Gasteiger partial charge in [-0.2, -0.15) is 0 Å². The van der Waals surface area contributed by atoms with Gasteiger partial charge in [-0.1, -0.05) is 45.0 Å². The van der Waals surface area contributed by atoms with Crippen molar-refractivity contribution in [2.75, 3.05) is 18.5 Å². The smallest absolute Gasteiger partial charge is 0.248 e. The topological polar surface area (TPSA) is 65.4 Å². The third-order valence-electron chi connectivity index (χ3n) is 5.66. The maximum atomic E-state index is 12.9. The molecular formula is C27H31N3O3. The van der Waals surface area contributed by atoms with Gasteiger partial charge in [-0.3, -0.25) is 4.79 Å². The highest BCUT2D eigenvalue weighted by atomic mass is 16.6. The van der Waals surface area contributed by atoms with Gasteiger partial charge >= 0.3 is 0 Å². The maximum absolute atomic E-state index is 12.9. The van der Waals surface area contributed by atoms with Gasteiger partial charge in [0, 0.05) is 36.8 Å². The molecular weight excluding hydrogens is 414 g/mol. The monoisotopic (exact) mass is 445 g/mol. The van der Waals surface area contributed by atoms with Crippen molar-refractivity contribution in [2.24, 2.45) is 0 Å². The average molecular weight is 446 g/mol. The molecule has 0 saturated carbocycles. The number of nitrogens with zero attached hydrogens (tertiary/aromatic N) is 2. The number of hydrogen-bond acceptors (Lipinski definition) is 4. The number of carbonyl (C=O) groups is 1. The highest BCUT2D eigenvalue weighted by Gasteiger charge is 2.15. The van der Waals surface area contributed by atoms with Crippen LogP contribution in [0.15, 0.2) is 67.3 Å². The highest BCUT2D eigenvalue weighted by molar-refractivity contribution is 6.04. The first kappa shape index (κ1) is 22.6. The van der Waals surface area contributed by atoms with Crippen molar-refractivity contribution in [2.45, 2.75) is 45.6 Å². The van der Waals surface area contributed by atoms with Gasteiger partial charge in [-0.25, -0.2) is 4.98 Å². The first-order chi connectivity index (χ1) is 15.9. The lowest BCUT2D eigenvalue weighted by molar-refractivity contribution is -0.111. The Labute approximate surface area is 195 Å². The van der Waals surface area contributed by atoms with Gasteiger partial charge in [0.2, 0.25) is 5.91 Å². The fourth-order valence-electron chi connectivity index (χ4n) is 3.81. The second-order valence-corrected chi connectivity index (χ2v) is 9.25. The molecule has 3 aromatic rings. The number of nitrogens with one attached hydrogen (secondary N) is 1. The molecule has 0 fully saturated rings. The van der Waals surface area contributed by atoms with E-state index < -0.39 is 0 Å². The van der Waals surface area contributed by atoms with Gasteiger partial charge in [0.25, 0.3) is 0 Å². The van der Waals surface area contributed by atoms with Crippen LogP contribution in [0, 0.1) is 0 Å². The summed E-state index contributed by atoms with van der Waals surface area (Å²) in [7, 11) is 0. The summed E-state index contributed by atoms with van der Waals surface area (Å²) in [6, 6.07) is 14.0. The van der Waals surface area contributed by atoms with E-state index >= 15 is 0 Å². The van der Waals surface area contributed by atoms with Crippen LogP contribution in [-0.2, 0) is 16.8 Å². The minimum Gasteiger partial charge on any atom is -0.486 e. The van der Waals surface area contributed by atoms with Crippen molar-refractivity contribution in [3.63, 3.8) is 0 Å². The molecule has 4 rings (SSSR count). The molecule has 0 spiro atoms. The second-order valence-electron chi connectivity index (χ2n) is 9.25. The molecule has 1 amide bonds. The lowest BCUT2D eigenvalue weighted by Crippen LogP contribution is -2.16. The number of allylic oxidation sites excluding steroid dienone is 1. The molecule has 0 saturated heterocycles. The summed E-state index contributed by atoms with van der Waals surface area (Å²) in [6.07, 6.45) is 8.94. The second kappa shape index (κ2) is 9.94. The molecule has 0 atom stereocenters. The van der Waals surface area contributed by atoms with Crippen molar-refractivity contribution in [1.82, 2.24) is 9.55 Å². The Bertz CT molecular complexity index is 1110. The number of hydrogen-bond donors (Lipinski definition) is 1. The number of benzene rings is 2. The Morgan fingerprint density at radius 1 is 1.09 bits per heavy atom. The summed E-state index contributed by atoms with van der Waals surface area (Å²) in [4.78, 5) is 17.0. The molecule has 0 unspecified atom stereocenters. The summed E-state index contributed by atoms with van der Waals surface area (Å²) in [5.41, 5.74) is 4.10. The van der Waals surface area contributed by atoms with Crippen molar-refractivity contribution in [3.05, 3.63) is 78.4 Å². The Morgan fingerprint density at radius 2 is 1.85 bits per heavy atom. The number of amides is 1. The fourth-order valence-corrected chi connectivity index (χ4v) is 3.81. The minimum atomic E-state index is -0.163. The first-order valence-corrected chi connectivity index (χ1v) is 11.4. The predicted octanol–water partition coefficient (Wildman–Crippen LogP) is 5.45. The molecule has 0 aliphatic carbocycles. The molecule has 172 valence electrons. The van der Waals surface area contributed by atoms with Crippen molar-refractivity contribution < 1.29 is 14.3 Å². The van der Waals surface area contributed by atoms with Crippen molar-refractivity contribution in [1.29, 1.82) is 0 Å². The largest absolute Gasteiger partial charge is 0.486 e. The normalized spacial score (nSPS) is 13.6. The Balaban J connectivity index is 1.51. The fraction of sp³-hybridized carbons (Fsp3) is 0.333. The highest BCUT2D eigenvalue weighted by Crippen LogP contribution is 2.33. The Kier molecular flexibility index (Phi) is 6.82. The number of ether oxygens (including phenoxy) is 2. The molecule has 1 N–H and O–H groups in total. The predicted molar refractivity (Wildman–Crippen MR) is 131 cm³/mol. The lowest BCUT2D eigenvalue weighted by atomic mass is 9.86. The van der Waals surface area contributed by atoms with E-state index in [0.717, 1.165) is 30.5 Å². The maximum Gasteiger partial charge on any atom is 0.248 e. The van der Waals surface area contributed by atoms with E-state index in [1.165, 1.54) is 5.56 Å². The number of rotatable bonds is 7. The van der Waals surface area contributed by atoms with E-state index in [1.807, 2.05) is 24.7 Å². The number of fused-ring (bicyclic) bond motifs is 1. The van der Waals surface area contributed by atoms with Crippen LogP contribution in [0.1, 0.15) is 44.7 Å². The van der Waals surface area contributed by atoms with E-state index in [0.29, 0.717) is 30.4 Å². The van der Waals surface area contributed by atoms with E-state index in [9.17, 15) is 4.79 Å². The summed E-state index contributed by atoms with van der Waals surface area (Å²) in [5.74, 6) is 1.19. The van der Waals surface area contributed by atoms with Gasteiger partial charge in [0.05, 0.1) is 6.33 Å². The van der Waals surface area contributed by atoms with Crippen LogP contribution in [0.2, 0.25) is 0 Å². The number of aromatic nitrogens is 2. The number of anilines is 1. The number of imidazole rings is 1. The third-order valence-corrected chi connectivity index (χ3v) is 5.66.